The lowest BCUT2D eigenvalue weighted by atomic mass is 10.1. The van der Waals surface area contributed by atoms with Crippen LogP contribution < -0.4 is 9.47 Å². The average molecular weight is 463 g/mol. The highest BCUT2D eigenvalue weighted by Crippen LogP contribution is 2.39. The molecule has 1 saturated heterocycles. The summed E-state index contributed by atoms with van der Waals surface area (Å²) in [6.45, 7) is 3.67. The topological polar surface area (TPSA) is 99.0 Å². The number of nitro groups is 1. The van der Waals surface area contributed by atoms with Crippen LogP contribution in [0.4, 0.5) is 10.5 Å². The highest BCUT2D eigenvalue weighted by Gasteiger charge is 2.36. The van der Waals surface area contributed by atoms with Gasteiger partial charge in [-0.2, -0.15) is 0 Å². The predicted molar refractivity (Wildman–Crippen MR) is 118 cm³/mol. The minimum Gasteiger partial charge on any atom is -0.493 e. The van der Waals surface area contributed by atoms with Crippen LogP contribution in [-0.2, 0) is 11.4 Å². The van der Waals surface area contributed by atoms with Gasteiger partial charge in [-0.3, -0.25) is 24.6 Å². The number of rotatable bonds is 7. The molecular weight excluding hydrogens is 444 g/mol. The highest BCUT2D eigenvalue weighted by atomic mass is 35.5. The number of non-ortho nitro benzene ring substituents is 1. The molecule has 0 atom stereocenters. The van der Waals surface area contributed by atoms with Gasteiger partial charge >= 0.3 is 0 Å². The molecule has 0 spiro atoms. The summed E-state index contributed by atoms with van der Waals surface area (Å²) in [6, 6.07) is 9.01. The van der Waals surface area contributed by atoms with Crippen molar-refractivity contribution in [1.29, 1.82) is 0 Å². The molecule has 162 valence electrons. The largest absolute Gasteiger partial charge is 0.493 e. The second-order valence-electron chi connectivity index (χ2n) is 6.89. The van der Waals surface area contributed by atoms with E-state index in [1.165, 1.54) is 24.1 Å². The number of benzene rings is 2. The smallest absolute Gasteiger partial charge is 0.293 e. The van der Waals surface area contributed by atoms with Crippen molar-refractivity contribution in [3.8, 4) is 11.5 Å². The normalized spacial score (nSPS) is 15.1. The van der Waals surface area contributed by atoms with Gasteiger partial charge in [0.1, 0.15) is 6.61 Å². The third-order valence-corrected chi connectivity index (χ3v) is 5.58. The molecule has 0 aliphatic carbocycles. The number of ether oxygens (including phenoxy) is 2. The van der Waals surface area contributed by atoms with E-state index in [4.69, 9.17) is 21.1 Å². The van der Waals surface area contributed by atoms with Crippen molar-refractivity contribution in [2.75, 3.05) is 7.11 Å². The Morgan fingerprint density at radius 1 is 1.23 bits per heavy atom. The molecule has 31 heavy (non-hydrogen) atoms. The minimum absolute atomic E-state index is 0.00871. The molecule has 8 nitrogen and oxygen atoms in total. The minimum atomic E-state index is -0.473. The van der Waals surface area contributed by atoms with E-state index in [-0.39, 0.29) is 34.5 Å². The second-order valence-corrected chi connectivity index (χ2v) is 8.29. The molecule has 1 heterocycles. The molecule has 2 amide bonds. The van der Waals surface area contributed by atoms with E-state index < -0.39 is 4.92 Å². The van der Waals surface area contributed by atoms with E-state index in [9.17, 15) is 19.7 Å². The van der Waals surface area contributed by atoms with E-state index in [0.29, 0.717) is 22.0 Å². The number of halogens is 1. The van der Waals surface area contributed by atoms with Crippen molar-refractivity contribution in [1.82, 2.24) is 4.90 Å². The zero-order chi connectivity index (χ0) is 22.7. The lowest BCUT2D eigenvalue weighted by molar-refractivity contribution is -0.384. The fourth-order valence-corrected chi connectivity index (χ4v) is 4.14. The molecular formula is C21H19ClN2O6S. The number of nitro benzene ring substituents is 1. The third kappa shape index (κ3) is 5.00. The van der Waals surface area contributed by atoms with Gasteiger partial charge in [-0.25, -0.2) is 0 Å². The van der Waals surface area contributed by atoms with Gasteiger partial charge in [0.2, 0.25) is 0 Å². The first-order chi connectivity index (χ1) is 14.7. The molecule has 0 N–H and O–H groups in total. The molecule has 0 bridgehead atoms. The Balaban J connectivity index is 1.81. The van der Waals surface area contributed by atoms with E-state index in [0.717, 1.165) is 17.3 Å². The Morgan fingerprint density at radius 3 is 2.45 bits per heavy atom. The summed E-state index contributed by atoms with van der Waals surface area (Å²) in [5, 5.41) is 10.7. The highest BCUT2D eigenvalue weighted by molar-refractivity contribution is 8.18. The summed E-state index contributed by atoms with van der Waals surface area (Å²) in [6.07, 6.45) is 1.59. The van der Waals surface area contributed by atoms with Gasteiger partial charge < -0.3 is 9.47 Å². The van der Waals surface area contributed by atoms with Crippen molar-refractivity contribution in [3.63, 3.8) is 0 Å². The van der Waals surface area contributed by atoms with Crippen molar-refractivity contribution in [2.45, 2.75) is 26.5 Å². The van der Waals surface area contributed by atoms with E-state index in [1.54, 1.807) is 44.2 Å². The lowest BCUT2D eigenvalue weighted by Gasteiger charge is -2.16. The number of hydrogen-bond acceptors (Lipinski definition) is 7. The van der Waals surface area contributed by atoms with Gasteiger partial charge in [0.25, 0.3) is 16.8 Å². The predicted octanol–water partition coefficient (Wildman–Crippen LogP) is 5.28. The van der Waals surface area contributed by atoms with Crippen LogP contribution in [0.1, 0.15) is 25.0 Å². The summed E-state index contributed by atoms with van der Waals surface area (Å²) in [5.74, 6) is 0.303. The molecule has 1 aliphatic heterocycles. The number of hydrogen-bond donors (Lipinski definition) is 0. The Kier molecular flexibility index (Phi) is 6.87. The number of methoxy groups -OCH3 is 1. The number of carbonyl (C=O) groups excluding carboxylic acids is 2. The van der Waals surface area contributed by atoms with Crippen LogP contribution >= 0.6 is 23.4 Å². The number of carbonyl (C=O) groups is 2. The summed E-state index contributed by atoms with van der Waals surface area (Å²) >= 11 is 7.26. The van der Waals surface area contributed by atoms with Gasteiger partial charge in [0, 0.05) is 18.2 Å². The Hall–Kier alpha value is -3.04. The van der Waals surface area contributed by atoms with Gasteiger partial charge in [-0.05, 0) is 67.1 Å². The zero-order valence-corrected chi connectivity index (χ0v) is 18.5. The van der Waals surface area contributed by atoms with Gasteiger partial charge in [-0.1, -0.05) is 11.6 Å². The molecule has 0 aromatic heterocycles. The van der Waals surface area contributed by atoms with Crippen LogP contribution in [0.25, 0.3) is 6.08 Å². The first-order valence-electron chi connectivity index (χ1n) is 9.22. The molecule has 3 rings (SSSR count). The quantitative estimate of drug-likeness (QED) is 0.313. The maximum Gasteiger partial charge on any atom is 0.293 e. The van der Waals surface area contributed by atoms with Crippen LogP contribution in [0.15, 0.2) is 41.3 Å². The molecule has 0 saturated carbocycles. The van der Waals surface area contributed by atoms with Crippen LogP contribution in [0.5, 0.6) is 11.5 Å². The second kappa shape index (κ2) is 9.40. The molecule has 1 aliphatic rings. The summed E-state index contributed by atoms with van der Waals surface area (Å²) in [7, 11) is 1.46. The Bertz CT molecular complexity index is 1070. The van der Waals surface area contributed by atoms with Crippen molar-refractivity contribution >= 4 is 46.3 Å². The number of imide groups is 1. The van der Waals surface area contributed by atoms with E-state index in [2.05, 4.69) is 0 Å². The monoisotopic (exact) mass is 462 g/mol. The van der Waals surface area contributed by atoms with Gasteiger partial charge in [0.15, 0.2) is 11.5 Å². The molecule has 0 radical (unpaired) electrons. The third-order valence-electron chi connectivity index (χ3n) is 4.42. The molecule has 0 unspecified atom stereocenters. The summed E-state index contributed by atoms with van der Waals surface area (Å²) < 4.78 is 11.2. The number of thioether (sulfide) groups is 1. The standard InChI is InChI=1S/C21H19ClN2O6S/c1-12(2)23-20(25)18(31-21(23)26)10-14-8-16(22)19(17(9-14)29-3)30-11-13-4-6-15(7-5-13)24(27)28/h4-10,12H,11H2,1-3H3/b18-10+. The van der Waals surface area contributed by atoms with Crippen molar-refractivity contribution in [3.05, 3.63) is 67.6 Å². The maximum atomic E-state index is 12.5. The lowest BCUT2D eigenvalue weighted by Crippen LogP contribution is -2.34. The molecule has 2 aromatic rings. The fourth-order valence-electron chi connectivity index (χ4n) is 2.91. The van der Waals surface area contributed by atoms with Crippen LogP contribution in [-0.4, -0.2) is 34.1 Å². The summed E-state index contributed by atoms with van der Waals surface area (Å²) in [5.41, 5.74) is 1.29. The number of nitrogens with zero attached hydrogens (tertiary/aromatic N) is 2. The zero-order valence-electron chi connectivity index (χ0n) is 17.0. The molecule has 2 aromatic carbocycles. The van der Waals surface area contributed by atoms with Crippen molar-refractivity contribution < 1.29 is 24.0 Å². The Morgan fingerprint density at radius 2 is 1.90 bits per heavy atom. The van der Waals surface area contributed by atoms with Gasteiger partial charge in [-0.15, -0.1) is 0 Å². The van der Waals surface area contributed by atoms with Crippen LogP contribution in [0, 0.1) is 10.1 Å². The molecule has 1 fully saturated rings. The first-order valence-corrected chi connectivity index (χ1v) is 10.4. The van der Waals surface area contributed by atoms with Gasteiger partial charge in [0.05, 0.1) is 22.0 Å². The summed E-state index contributed by atoms with van der Waals surface area (Å²) in [4.78, 5) is 36.3. The average Bonchev–Trinajstić information content (AvgIpc) is 3.00. The first kappa shape index (κ1) is 22.6. The van der Waals surface area contributed by atoms with E-state index >= 15 is 0 Å². The Labute approximate surface area is 187 Å². The number of amides is 2. The maximum absolute atomic E-state index is 12.5. The van der Waals surface area contributed by atoms with Crippen LogP contribution in [0.2, 0.25) is 5.02 Å². The van der Waals surface area contributed by atoms with Crippen molar-refractivity contribution in [2.24, 2.45) is 0 Å². The SMILES string of the molecule is COc1cc(/C=C2/SC(=O)N(C(C)C)C2=O)cc(Cl)c1OCc1ccc([N+](=O)[O-])cc1. The van der Waals surface area contributed by atoms with Crippen LogP contribution in [0.3, 0.4) is 0 Å². The van der Waals surface area contributed by atoms with E-state index in [1.807, 2.05) is 0 Å². The fraction of sp³-hybridized carbons (Fsp3) is 0.238. The molecule has 10 heteroatoms.